The quantitative estimate of drug-likeness (QED) is 0.784. The average molecular weight is 320 g/mol. The number of hydrogen-bond donors (Lipinski definition) is 2. The molecule has 2 rings (SSSR count). The van der Waals surface area contributed by atoms with Crippen LogP contribution in [-0.2, 0) is 11.2 Å². The molecule has 0 saturated heterocycles. The average Bonchev–Trinajstić information content (AvgIpc) is 3.19. The highest BCUT2D eigenvalue weighted by Gasteiger charge is 2.20. The molecule has 120 valence electrons. The summed E-state index contributed by atoms with van der Waals surface area (Å²) in [5.41, 5.74) is 0. The van der Waals surface area contributed by atoms with E-state index in [-0.39, 0.29) is 24.0 Å². The molecule has 0 fully saturated rings. The van der Waals surface area contributed by atoms with Crippen LogP contribution in [0.5, 0.6) is 0 Å². The molecule has 2 heterocycles. The molecule has 0 bridgehead atoms. The summed E-state index contributed by atoms with van der Waals surface area (Å²) in [6.07, 6.45) is 4.59. The van der Waals surface area contributed by atoms with Crippen molar-refractivity contribution in [3.05, 3.63) is 40.8 Å². The van der Waals surface area contributed by atoms with Gasteiger partial charge in [-0.2, -0.15) is 5.10 Å². The summed E-state index contributed by atoms with van der Waals surface area (Å²) in [7, 11) is 0. The van der Waals surface area contributed by atoms with Crippen LogP contribution in [0.1, 0.15) is 31.7 Å². The van der Waals surface area contributed by atoms with Gasteiger partial charge < -0.3 is 10.6 Å². The normalized spacial score (nSPS) is 15.2. The number of thiophene rings is 1. The van der Waals surface area contributed by atoms with E-state index in [2.05, 4.69) is 41.0 Å². The third-order valence-corrected chi connectivity index (χ3v) is 4.76. The van der Waals surface area contributed by atoms with Crippen LogP contribution in [0.2, 0.25) is 0 Å². The maximum atomic E-state index is 12.1. The van der Waals surface area contributed by atoms with Crippen LogP contribution < -0.4 is 10.6 Å². The van der Waals surface area contributed by atoms with Gasteiger partial charge in [0.2, 0.25) is 5.91 Å². The van der Waals surface area contributed by atoms with Crippen LogP contribution in [0.25, 0.3) is 0 Å². The summed E-state index contributed by atoms with van der Waals surface area (Å²) >= 11 is 1.72. The number of hydrogen-bond acceptors (Lipinski definition) is 4. The minimum atomic E-state index is -0.226. The van der Waals surface area contributed by atoms with E-state index < -0.39 is 0 Å². The molecule has 3 unspecified atom stereocenters. The van der Waals surface area contributed by atoms with E-state index in [1.807, 2.05) is 29.9 Å². The lowest BCUT2D eigenvalue weighted by Crippen LogP contribution is -2.48. The molecule has 0 aliphatic rings. The molecule has 0 spiro atoms. The van der Waals surface area contributed by atoms with Gasteiger partial charge in [0.25, 0.3) is 0 Å². The maximum Gasteiger partial charge on any atom is 0.236 e. The predicted octanol–water partition coefficient (Wildman–Crippen LogP) is 2.23. The lowest BCUT2D eigenvalue weighted by molar-refractivity contribution is -0.122. The lowest BCUT2D eigenvalue weighted by atomic mass is 10.1. The molecule has 5 nitrogen and oxygen atoms in total. The van der Waals surface area contributed by atoms with E-state index in [1.165, 1.54) is 4.88 Å². The summed E-state index contributed by atoms with van der Waals surface area (Å²) in [5, 5.41) is 12.6. The van der Waals surface area contributed by atoms with Gasteiger partial charge in [-0.1, -0.05) is 6.07 Å². The number of nitrogens with zero attached hydrogens (tertiary/aromatic N) is 2. The molecule has 3 atom stereocenters. The first kappa shape index (κ1) is 16.7. The molecule has 2 aromatic heterocycles. The van der Waals surface area contributed by atoms with Gasteiger partial charge in [-0.3, -0.25) is 9.48 Å². The van der Waals surface area contributed by atoms with Crippen LogP contribution in [0.3, 0.4) is 0 Å². The third kappa shape index (κ3) is 4.68. The van der Waals surface area contributed by atoms with Crippen molar-refractivity contribution in [2.75, 3.05) is 6.54 Å². The van der Waals surface area contributed by atoms with Crippen LogP contribution in [0.15, 0.2) is 36.0 Å². The van der Waals surface area contributed by atoms with E-state index in [1.54, 1.807) is 17.5 Å². The van der Waals surface area contributed by atoms with Crippen molar-refractivity contribution in [1.82, 2.24) is 20.4 Å². The molecular formula is C16H24N4OS. The molecule has 0 aromatic carbocycles. The lowest BCUT2D eigenvalue weighted by Gasteiger charge is -2.25. The second-order valence-electron chi connectivity index (χ2n) is 5.52. The second-order valence-corrected chi connectivity index (χ2v) is 6.56. The van der Waals surface area contributed by atoms with E-state index in [0.717, 1.165) is 6.42 Å². The summed E-state index contributed by atoms with van der Waals surface area (Å²) in [6, 6.07) is 6.14. The number of nitrogens with one attached hydrogen (secondary N) is 2. The topological polar surface area (TPSA) is 59.0 Å². The third-order valence-electron chi connectivity index (χ3n) is 3.82. The first-order valence-corrected chi connectivity index (χ1v) is 8.51. The van der Waals surface area contributed by atoms with Gasteiger partial charge in [0.1, 0.15) is 0 Å². The summed E-state index contributed by atoms with van der Waals surface area (Å²) in [4.78, 5) is 13.4. The van der Waals surface area contributed by atoms with E-state index in [4.69, 9.17) is 0 Å². The highest BCUT2D eigenvalue weighted by atomic mass is 32.1. The molecule has 2 aromatic rings. The molecule has 0 saturated carbocycles. The fourth-order valence-electron chi connectivity index (χ4n) is 2.28. The second kappa shape index (κ2) is 8.10. The molecule has 0 radical (unpaired) electrons. The van der Waals surface area contributed by atoms with Gasteiger partial charge in [-0.25, -0.2) is 0 Å². The Morgan fingerprint density at radius 3 is 2.82 bits per heavy atom. The smallest absolute Gasteiger partial charge is 0.236 e. The van der Waals surface area contributed by atoms with Crippen molar-refractivity contribution in [1.29, 1.82) is 0 Å². The van der Waals surface area contributed by atoms with Gasteiger partial charge in [0.15, 0.2) is 0 Å². The Hall–Kier alpha value is -1.66. The van der Waals surface area contributed by atoms with Crippen molar-refractivity contribution >= 4 is 17.2 Å². The van der Waals surface area contributed by atoms with E-state index in [9.17, 15) is 4.79 Å². The number of carbonyl (C=O) groups is 1. The van der Waals surface area contributed by atoms with Crippen LogP contribution in [0.4, 0.5) is 0 Å². The zero-order valence-corrected chi connectivity index (χ0v) is 14.1. The first-order chi connectivity index (χ1) is 10.6. The number of aromatic nitrogens is 2. The molecule has 1 amide bonds. The molecular weight excluding hydrogens is 296 g/mol. The SMILES string of the molecule is CC(NC(C)C(C)n1cccn1)C(=O)NCCc1cccs1. The summed E-state index contributed by atoms with van der Waals surface area (Å²) in [6.45, 7) is 6.73. The number of amides is 1. The number of rotatable bonds is 8. The fourth-order valence-corrected chi connectivity index (χ4v) is 2.99. The minimum absolute atomic E-state index is 0.0380. The Balaban J connectivity index is 1.73. The van der Waals surface area contributed by atoms with Crippen LogP contribution >= 0.6 is 11.3 Å². The monoisotopic (exact) mass is 320 g/mol. The molecule has 2 N–H and O–H groups in total. The van der Waals surface area contributed by atoms with E-state index in [0.29, 0.717) is 6.54 Å². The van der Waals surface area contributed by atoms with Crippen molar-refractivity contribution < 1.29 is 4.79 Å². The number of carbonyl (C=O) groups excluding carboxylic acids is 1. The Kier molecular flexibility index (Phi) is 6.15. The first-order valence-electron chi connectivity index (χ1n) is 7.63. The van der Waals surface area contributed by atoms with Gasteiger partial charge >= 0.3 is 0 Å². The van der Waals surface area contributed by atoms with Gasteiger partial charge in [0, 0.05) is 29.9 Å². The molecule has 0 aliphatic heterocycles. The Morgan fingerprint density at radius 1 is 1.36 bits per heavy atom. The summed E-state index contributed by atoms with van der Waals surface area (Å²) in [5.74, 6) is 0.0380. The zero-order chi connectivity index (χ0) is 15.9. The minimum Gasteiger partial charge on any atom is -0.354 e. The van der Waals surface area contributed by atoms with Gasteiger partial charge in [-0.05, 0) is 44.7 Å². The van der Waals surface area contributed by atoms with Gasteiger partial charge in [0.05, 0.1) is 12.1 Å². The zero-order valence-electron chi connectivity index (χ0n) is 13.3. The van der Waals surface area contributed by atoms with Gasteiger partial charge in [-0.15, -0.1) is 11.3 Å². The largest absolute Gasteiger partial charge is 0.354 e. The van der Waals surface area contributed by atoms with Crippen molar-refractivity contribution in [2.24, 2.45) is 0 Å². The molecule has 0 aliphatic carbocycles. The fraction of sp³-hybridized carbons (Fsp3) is 0.500. The summed E-state index contributed by atoms with van der Waals surface area (Å²) < 4.78 is 1.90. The highest BCUT2D eigenvalue weighted by Crippen LogP contribution is 2.10. The standard InChI is InChI=1S/C16H24N4OS/c1-12(14(3)20-10-5-8-18-20)19-13(2)16(21)17-9-7-15-6-4-11-22-15/h4-6,8,10-14,19H,7,9H2,1-3H3,(H,17,21). The Morgan fingerprint density at radius 2 is 2.18 bits per heavy atom. The Bertz CT molecular complexity index is 553. The molecule has 22 heavy (non-hydrogen) atoms. The van der Waals surface area contributed by atoms with E-state index >= 15 is 0 Å². The Labute approximate surface area is 135 Å². The van der Waals surface area contributed by atoms with Crippen molar-refractivity contribution in [3.63, 3.8) is 0 Å². The van der Waals surface area contributed by atoms with Crippen molar-refractivity contribution in [2.45, 2.75) is 45.3 Å². The highest BCUT2D eigenvalue weighted by molar-refractivity contribution is 7.09. The maximum absolute atomic E-state index is 12.1. The molecule has 6 heteroatoms. The van der Waals surface area contributed by atoms with Crippen LogP contribution in [-0.4, -0.2) is 34.3 Å². The van der Waals surface area contributed by atoms with Crippen molar-refractivity contribution in [3.8, 4) is 0 Å². The van der Waals surface area contributed by atoms with Crippen LogP contribution in [0, 0.1) is 0 Å². The predicted molar refractivity (Wildman–Crippen MR) is 90.0 cm³/mol.